The molecule has 1 fully saturated rings. The van der Waals surface area contributed by atoms with Crippen LogP contribution in [0.5, 0.6) is 0 Å². The summed E-state index contributed by atoms with van der Waals surface area (Å²) in [7, 11) is 0. The molecule has 0 radical (unpaired) electrons. The topological polar surface area (TPSA) is 76.7 Å². The van der Waals surface area contributed by atoms with Crippen molar-refractivity contribution >= 4 is 46.6 Å². The Morgan fingerprint density at radius 3 is 2.43 bits per heavy atom. The highest BCUT2D eigenvalue weighted by Crippen LogP contribution is 2.49. The maximum absolute atomic E-state index is 14.0. The monoisotopic (exact) mass is 479 g/mol. The summed E-state index contributed by atoms with van der Waals surface area (Å²) in [5.74, 6) is 0.897. The Labute approximate surface area is 183 Å². The summed E-state index contributed by atoms with van der Waals surface area (Å²) in [6.07, 6.45) is -5.51. The van der Waals surface area contributed by atoms with E-state index in [0.29, 0.717) is 0 Å². The van der Waals surface area contributed by atoms with Crippen molar-refractivity contribution in [3.63, 3.8) is 0 Å². The Balaban J connectivity index is 1.59. The first kappa shape index (κ1) is 21.3. The molecule has 3 heterocycles. The number of thioether (sulfide) groups is 1. The molecule has 2 aliphatic rings. The van der Waals surface area contributed by atoms with E-state index in [1.54, 1.807) is 11.8 Å². The quantitative estimate of drug-likeness (QED) is 0.681. The molecule has 0 bridgehead atoms. The summed E-state index contributed by atoms with van der Waals surface area (Å²) in [6, 6.07) is 4.80. The molecule has 12 heteroatoms. The van der Waals surface area contributed by atoms with Gasteiger partial charge in [0.15, 0.2) is 0 Å². The molecule has 1 saturated heterocycles. The van der Waals surface area contributed by atoms with Crippen LogP contribution in [0.25, 0.3) is 0 Å². The first-order valence-corrected chi connectivity index (χ1v) is 10.6. The van der Waals surface area contributed by atoms with E-state index in [0.717, 1.165) is 23.6 Å². The minimum Gasteiger partial charge on any atom is -0.374 e. The zero-order chi connectivity index (χ0) is 21.7. The van der Waals surface area contributed by atoms with E-state index in [1.165, 1.54) is 12.1 Å². The molecular formula is C18H14Cl2F3N3O3S. The van der Waals surface area contributed by atoms with Crippen LogP contribution in [0, 0.1) is 0 Å². The summed E-state index contributed by atoms with van der Waals surface area (Å²) < 4.78 is 47.1. The van der Waals surface area contributed by atoms with Gasteiger partial charge >= 0.3 is 6.18 Å². The Morgan fingerprint density at radius 1 is 1.20 bits per heavy atom. The van der Waals surface area contributed by atoms with Crippen LogP contribution in [0.4, 0.5) is 13.2 Å². The highest BCUT2D eigenvalue weighted by atomic mass is 35.5. The molecule has 2 aromatic rings. The van der Waals surface area contributed by atoms with Gasteiger partial charge in [-0.25, -0.2) is 0 Å². The smallest absolute Gasteiger partial charge is 0.374 e. The lowest BCUT2D eigenvalue weighted by atomic mass is 9.87. The third-order valence-electron chi connectivity index (χ3n) is 4.80. The summed E-state index contributed by atoms with van der Waals surface area (Å²) in [6.45, 7) is 1.89. The molecular weight excluding hydrogens is 466 g/mol. The third kappa shape index (κ3) is 3.76. The molecule has 0 spiro atoms. The number of rotatable bonds is 4. The Hall–Kier alpha value is -1.91. The van der Waals surface area contributed by atoms with E-state index >= 15 is 0 Å². The molecule has 2 aliphatic heterocycles. The van der Waals surface area contributed by atoms with Gasteiger partial charge < -0.3 is 14.7 Å². The van der Waals surface area contributed by atoms with Gasteiger partial charge in [0.1, 0.15) is 11.4 Å². The first-order valence-electron chi connectivity index (χ1n) is 8.67. The van der Waals surface area contributed by atoms with Crippen molar-refractivity contribution in [3.8, 4) is 0 Å². The maximum Gasteiger partial charge on any atom is 0.435 e. The second-order valence-corrected chi connectivity index (χ2v) is 9.23. The van der Waals surface area contributed by atoms with Gasteiger partial charge in [0, 0.05) is 33.2 Å². The molecule has 1 aromatic heterocycles. The van der Waals surface area contributed by atoms with Crippen molar-refractivity contribution < 1.29 is 27.3 Å². The zero-order valence-corrected chi connectivity index (χ0v) is 17.7. The fourth-order valence-corrected chi connectivity index (χ4v) is 4.65. The number of aromatic nitrogens is 1. The van der Waals surface area contributed by atoms with Crippen LogP contribution >= 0.6 is 35.0 Å². The van der Waals surface area contributed by atoms with Gasteiger partial charge in [0.2, 0.25) is 5.76 Å². The Bertz CT molecular complexity index is 1020. The molecule has 1 unspecified atom stereocenters. The maximum atomic E-state index is 14.0. The van der Waals surface area contributed by atoms with E-state index in [1.807, 2.05) is 6.92 Å². The van der Waals surface area contributed by atoms with Gasteiger partial charge in [0.05, 0.1) is 12.0 Å². The summed E-state index contributed by atoms with van der Waals surface area (Å²) in [5, 5.41) is 10.2. The van der Waals surface area contributed by atoms with Crippen molar-refractivity contribution in [2.24, 2.45) is 5.16 Å². The fourth-order valence-electron chi connectivity index (χ4n) is 3.16. The number of halogens is 5. The van der Waals surface area contributed by atoms with Gasteiger partial charge in [-0.05, 0) is 25.1 Å². The number of carbonyl (C=O) groups excluding carboxylic acids is 1. The van der Waals surface area contributed by atoms with Crippen LogP contribution in [0.1, 0.15) is 35.2 Å². The predicted molar refractivity (Wildman–Crippen MR) is 106 cm³/mol. The zero-order valence-electron chi connectivity index (χ0n) is 15.3. The lowest BCUT2D eigenvalue weighted by Gasteiger charge is -2.37. The van der Waals surface area contributed by atoms with Crippen molar-refractivity contribution in [2.75, 3.05) is 11.5 Å². The molecule has 0 aliphatic carbocycles. The molecule has 0 saturated carbocycles. The number of amides is 1. The molecule has 1 aromatic carbocycles. The van der Waals surface area contributed by atoms with Crippen molar-refractivity contribution in [1.29, 1.82) is 0 Å². The molecule has 30 heavy (non-hydrogen) atoms. The summed E-state index contributed by atoms with van der Waals surface area (Å²) >= 11 is 13.5. The summed E-state index contributed by atoms with van der Waals surface area (Å²) in [5.41, 5.74) is -3.55. The average Bonchev–Trinajstić information content (AvgIpc) is 3.27. The largest absolute Gasteiger partial charge is 0.435 e. The highest BCUT2D eigenvalue weighted by molar-refractivity contribution is 8.00. The third-order valence-corrected chi connectivity index (χ3v) is 6.92. The molecule has 160 valence electrons. The van der Waals surface area contributed by atoms with Crippen LogP contribution < -0.4 is 5.32 Å². The summed E-state index contributed by atoms with van der Waals surface area (Å²) in [4.78, 5) is 17.2. The van der Waals surface area contributed by atoms with Crippen LogP contribution in [0.2, 0.25) is 10.0 Å². The SMILES string of the molecule is CC1(NC(=O)c2cc(C3=NOC(c4cc(Cl)cc(Cl)c4)(C(F)(F)F)C3)no2)CSC1. The van der Waals surface area contributed by atoms with Crippen LogP contribution in [0.15, 0.2) is 33.9 Å². The minimum atomic E-state index is -4.83. The van der Waals surface area contributed by atoms with Crippen molar-refractivity contribution in [1.82, 2.24) is 10.5 Å². The first-order chi connectivity index (χ1) is 14.0. The molecule has 6 nitrogen and oxygen atoms in total. The number of nitrogens with one attached hydrogen (secondary N) is 1. The molecule has 1 atom stereocenters. The van der Waals surface area contributed by atoms with E-state index < -0.39 is 24.1 Å². The normalized spacial score (nSPS) is 22.8. The van der Waals surface area contributed by atoms with Crippen LogP contribution in [-0.2, 0) is 10.4 Å². The average molecular weight is 480 g/mol. The number of oxime groups is 1. The van der Waals surface area contributed by atoms with E-state index in [2.05, 4.69) is 15.6 Å². The van der Waals surface area contributed by atoms with Gasteiger partial charge in [0.25, 0.3) is 11.5 Å². The van der Waals surface area contributed by atoms with Crippen molar-refractivity contribution in [3.05, 3.63) is 51.3 Å². The Kier molecular flexibility index (Phi) is 5.22. The standard InChI is InChI=1S/C18H14Cl2F3N3O3S/c1-16(7-30-8-16)24-15(27)14-5-12(25-28-14)13-6-17(29-26-13,18(21,22)23)9-2-10(19)4-11(20)3-9/h2-5H,6-8H2,1H3,(H,24,27). The van der Waals surface area contributed by atoms with Gasteiger partial charge in [-0.15, -0.1) is 0 Å². The van der Waals surface area contributed by atoms with Crippen LogP contribution in [-0.4, -0.2) is 40.0 Å². The van der Waals surface area contributed by atoms with Crippen molar-refractivity contribution in [2.45, 2.75) is 30.7 Å². The van der Waals surface area contributed by atoms with Crippen LogP contribution in [0.3, 0.4) is 0 Å². The number of benzene rings is 1. The highest BCUT2D eigenvalue weighted by Gasteiger charge is 2.62. The van der Waals surface area contributed by atoms with Gasteiger partial charge in [-0.1, -0.05) is 33.5 Å². The number of hydrogen-bond donors (Lipinski definition) is 1. The number of carbonyl (C=O) groups is 1. The second-order valence-electron chi connectivity index (χ2n) is 7.37. The fraction of sp³-hybridized carbons (Fsp3) is 0.389. The number of nitrogens with zero attached hydrogens (tertiary/aromatic N) is 2. The minimum absolute atomic E-state index is 0.0208. The second kappa shape index (κ2) is 7.35. The Morgan fingerprint density at radius 2 is 1.87 bits per heavy atom. The molecule has 4 rings (SSSR count). The van der Waals surface area contributed by atoms with Gasteiger partial charge in [-0.3, -0.25) is 4.79 Å². The van der Waals surface area contributed by atoms with E-state index in [-0.39, 0.29) is 38.3 Å². The van der Waals surface area contributed by atoms with Gasteiger partial charge in [-0.2, -0.15) is 24.9 Å². The van der Waals surface area contributed by atoms with E-state index in [9.17, 15) is 18.0 Å². The molecule has 1 N–H and O–H groups in total. The number of hydrogen-bond acceptors (Lipinski definition) is 6. The number of alkyl halides is 3. The van der Waals surface area contributed by atoms with E-state index in [4.69, 9.17) is 32.6 Å². The predicted octanol–water partition coefficient (Wildman–Crippen LogP) is 4.80. The lowest BCUT2D eigenvalue weighted by molar-refractivity contribution is -0.275. The lowest BCUT2D eigenvalue weighted by Crippen LogP contribution is -2.55. The molecule has 1 amide bonds.